The number of rotatable bonds is 5. The minimum absolute atomic E-state index is 0.406. The van der Waals surface area contributed by atoms with Crippen molar-refractivity contribution in [3.05, 3.63) is 11.4 Å². The van der Waals surface area contributed by atoms with Crippen LogP contribution in [0.5, 0.6) is 0 Å². The summed E-state index contributed by atoms with van der Waals surface area (Å²) in [7, 11) is 0. The number of aliphatic hydroxyl groups is 1. The average Bonchev–Trinajstić information content (AvgIpc) is 2.25. The second-order valence-electron chi connectivity index (χ2n) is 4.40. The predicted molar refractivity (Wildman–Crippen MR) is 63.4 cm³/mol. The van der Waals surface area contributed by atoms with Gasteiger partial charge in [-0.3, -0.25) is 0 Å². The van der Waals surface area contributed by atoms with Crippen LogP contribution < -0.4 is 5.32 Å². The first-order chi connectivity index (χ1) is 7.46. The number of anilines is 1. The zero-order chi connectivity index (χ0) is 12.2. The minimum atomic E-state index is -0.779. The molecule has 90 valence electrons. The lowest BCUT2D eigenvalue weighted by Gasteiger charge is -2.17. The number of aromatic nitrogens is 3. The topological polar surface area (TPSA) is 70.9 Å². The molecule has 0 atom stereocenters. The van der Waals surface area contributed by atoms with Crippen LogP contribution in [0.2, 0.25) is 0 Å². The van der Waals surface area contributed by atoms with Gasteiger partial charge in [-0.2, -0.15) is 5.10 Å². The third-order valence-electron chi connectivity index (χ3n) is 2.19. The summed E-state index contributed by atoms with van der Waals surface area (Å²) in [4.78, 5) is 4.37. The molecule has 0 radical (unpaired) electrons. The first kappa shape index (κ1) is 12.8. The Morgan fingerprint density at radius 2 is 1.75 bits per heavy atom. The van der Waals surface area contributed by atoms with Gasteiger partial charge in [0.2, 0.25) is 5.95 Å². The van der Waals surface area contributed by atoms with Crippen molar-refractivity contribution in [2.75, 3.05) is 11.9 Å². The molecule has 16 heavy (non-hydrogen) atoms. The van der Waals surface area contributed by atoms with Gasteiger partial charge in [0.25, 0.3) is 0 Å². The lowest BCUT2D eigenvalue weighted by molar-refractivity contribution is 0.0943. The molecule has 0 bridgehead atoms. The number of hydrogen-bond acceptors (Lipinski definition) is 5. The summed E-state index contributed by atoms with van der Waals surface area (Å²) in [6.07, 6.45) is 1.69. The first-order valence-corrected chi connectivity index (χ1v) is 5.65. The van der Waals surface area contributed by atoms with Gasteiger partial charge < -0.3 is 10.4 Å². The lowest BCUT2D eigenvalue weighted by Crippen LogP contribution is -2.30. The smallest absolute Gasteiger partial charge is 0.243 e. The second-order valence-corrected chi connectivity index (χ2v) is 4.40. The van der Waals surface area contributed by atoms with Crippen molar-refractivity contribution in [3.8, 4) is 0 Å². The van der Waals surface area contributed by atoms with Gasteiger partial charge in [-0.25, -0.2) is 4.98 Å². The standard InChI is InChI=1S/C11H20N4O/c1-5-8-9(6-2)14-15-10(13-8)12-7-11(3,4)16/h16H,5-7H2,1-4H3,(H,12,13,15). The molecule has 1 rings (SSSR count). The summed E-state index contributed by atoms with van der Waals surface area (Å²) in [5, 5.41) is 20.6. The average molecular weight is 224 g/mol. The van der Waals surface area contributed by atoms with Gasteiger partial charge >= 0.3 is 0 Å². The van der Waals surface area contributed by atoms with Crippen LogP contribution in [0.1, 0.15) is 39.1 Å². The van der Waals surface area contributed by atoms with Gasteiger partial charge in [0.15, 0.2) is 0 Å². The summed E-state index contributed by atoms with van der Waals surface area (Å²) >= 11 is 0. The van der Waals surface area contributed by atoms with E-state index in [1.54, 1.807) is 13.8 Å². The highest BCUT2D eigenvalue weighted by molar-refractivity contribution is 5.26. The van der Waals surface area contributed by atoms with E-state index >= 15 is 0 Å². The van der Waals surface area contributed by atoms with E-state index in [9.17, 15) is 5.11 Å². The minimum Gasteiger partial charge on any atom is -0.389 e. The maximum atomic E-state index is 9.57. The fourth-order valence-corrected chi connectivity index (χ4v) is 1.31. The Kier molecular flexibility index (Phi) is 4.18. The monoisotopic (exact) mass is 224 g/mol. The molecule has 5 nitrogen and oxygen atoms in total. The Hall–Kier alpha value is -1.23. The van der Waals surface area contributed by atoms with Crippen LogP contribution in [0.4, 0.5) is 5.95 Å². The number of aryl methyl sites for hydroxylation is 2. The highest BCUT2D eigenvalue weighted by Crippen LogP contribution is 2.08. The molecule has 1 aromatic rings. The summed E-state index contributed by atoms with van der Waals surface area (Å²) in [6.45, 7) is 7.95. The highest BCUT2D eigenvalue weighted by atomic mass is 16.3. The van der Waals surface area contributed by atoms with Gasteiger partial charge in [0, 0.05) is 6.54 Å². The maximum Gasteiger partial charge on any atom is 0.243 e. The van der Waals surface area contributed by atoms with Gasteiger partial charge in [-0.15, -0.1) is 5.10 Å². The molecule has 0 amide bonds. The van der Waals surface area contributed by atoms with Gasteiger partial charge in [0.05, 0.1) is 17.0 Å². The van der Waals surface area contributed by atoms with Crippen molar-refractivity contribution < 1.29 is 5.11 Å². The zero-order valence-electron chi connectivity index (χ0n) is 10.4. The van der Waals surface area contributed by atoms with Crippen molar-refractivity contribution in [2.45, 2.75) is 46.1 Å². The summed E-state index contributed by atoms with van der Waals surface area (Å²) < 4.78 is 0. The Morgan fingerprint density at radius 3 is 2.25 bits per heavy atom. The van der Waals surface area contributed by atoms with E-state index < -0.39 is 5.60 Å². The molecule has 5 heteroatoms. The molecule has 0 aliphatic rings. The molecule has 1 aromatic heterocycles. The van der Waals surface area contributed by atoms with Crippen LogP contribution in [0.25, 0.3) is 0 Å². The fraction of sp³-hybridized carbons (Fsp3) is 0.727. The highest BCUT2D eigenvalue weighted by Gasteiger charge is 2.13. The van der Waals surface area contributed by atoms with Crippen LogP contribution in [0, 0.1) is 0 Å². The van der Waals surface area contributed by atoms with Crippen LogP contribution >= 0.6 is 0 Å². The molecular weight excluding hydrogens is 204 g/mol. The van der Waals surface area contributed by atoms with Crippen molar-refractivity contribution in [1.29, 1.82) is 0 Å². The SMILES string of the molecule is CCc1nnc(NCC(C)(C)O)nc1CC. The molecule has 0 aromatic carbocycles. The quantitative estimate of drug-likeness (QED) is 0.786. The molecule has 0 aliphatic heterocycles. The van der Waals surface area contributed by atoms with E-state index in [0.717, 1.165) is 24.2 Å². The molecular formula is C11H20N4O. The third-order valence-corrected chi connectivity index (χ3v) is 2.19. The summed E-state index contributed by atoms with van der Waals surface area (Å²) in [5.74, 6) is 0.483. The van der Waals surface area contributed by atoms with E-state index in [-0.39, 0.29) is 0 Å². The Balaban J connectivity index is 2.75. The molecule has 0 saturated heterocycles. The molecule has 1 heterocycles. The Morgan fingerprint density at radius 1 is 1.12 bits per heavy atom. The maximum absolute atomic E-state index is 9.57. The molecule has 0 saturated carbocycles. The van der Waals surface area contributed by atoms with Crippen LogP contribution in [-0.4, -0.2) is 32.4 Å². The Bertz CT molecular complexity index is 346. The summed E-state index contributed by atoms with van der Waals surface area (Å²) in [6, 6.07) is 0. The van der Waals surface area contributed by atoms with Crippen molar-refractivity contribution in [2.24, 2.45) is 0 Å². The number of nitrogens with one attached hydrogen (secondary N) is 1. The molecule has 0 spiro atoms. The summed E-state index contributed by atoms with van der Waals surface area (Å²) in [5.41, 5.74) is 1.13. The van der Waals surface area contributed by atoms with Gasteiger partial charge in [0.1, 0.15) is 0 Å². The molecule has 2 N–H and O–H groups in total. The molecule has 0 aliphatic carbocycles. The first-order valence-electron chi connectivity index (χ1n) is 5.65. The van der Waals surface area contributed by atoms with Crippen LogP contribution in [0.15, 0.2) is 0 Å². The predicted octanol–water partition coefficient (Wildman–Crippen LogP) is 1.18. The van der Waals surface area contributed by atoms with Crippen molar-refractivity contribution >= 4 is 5.95 Å². The number of nitrogens with zero attached hydrogens (tertiary/aromatic N) is 3. The largest absolute Gasteiger partial charge is 0.389 e. The van der Waals surface area contributed by atoms with Crippen molar-refractivity contribution in [3.63, 3.8) is 0 Å². The second kappa shape index (κ2) is 5.21. The van der Waals surface area contributed by atoms with E-state index in [0.29, 0.717) is 12.5 Å². The van der Waals surface area contributed by atoms with E-state index in [1.165, 1.54) is 0 Å². The molecule has 0 unspecified atom stereocenters. The zero-order valence-corrected chi connectivity index (χ0v) is 10.4. The molecule has 0 fully saturated rings. The van der Waals surface area contributed by atoms with Crippen LogP contribution in [-0.2, 0) is 12.8 Å². The van der Waals surface area contributed by atoms with E-state index in [2.05, 4.69) is 20.5 Å². The Labute approximate surface area is 96.3 Å². The van der Waals surface area contributed by atoms with Gasteiger partial charge in [-0.05, 0) is 26.7 Å². The van der Waals surface area contributed by atoms with E-state index in [4.69, 9.17) is 0 Å². The normalized spacial score (nSPS) is 11.6. The number of hydrogen-bond donors (Lipinski definition) is 2. The van der Waals surface area contributed by atoms with E-state index in [1.807, 2.05) is 13.8 Å². The third kappa shape index (κ3) is 3.73. The van der Waals surface area contributed by atoms with Crippen molar-refractivity contribution in [1.82, 2.24) is 15.2 Å². The van der Waals surface area contributed by atoms with Gasteiger partial charge in [-0.1, -0.05) is 13.8 Å². The van der Waals surface area contributed by atoms with Crippen LogP contribution in [0.3, 0.4) is 0 Å². The lowest BCUT2D eigenvalue weighted by atomic mass is 10.1. The fourth-order valence-electron chi connectivity index (χ4n) is 1.31.